The lowest BCUT2D eigenvalue weighted by atomic mass is 9.82. The van der Waals surface area contributed by atoms with E-state index < -0.39 is 0 Å². The van der Waals surface area contributed by atoms with Crippen LogP contribution >= 0.6 is 0 Å². The number of rotatable bonds is 2. The average molecular weight is 627 g/mol. The van der Waals surface area contributed by atoms with Gasteiger partial charge in [0.25, 0.3) is 0 Å². The molecule has 0 fully saturated rings. The first-order valence-electron chi connectivity index (χ1n) is 16.9. The molecule has 1 aliphatic carbocycles. The van der Waals surface area contributed by atoms with Crippen molar-refractivity contribution in [1.82, 2.24) is 18.9 Å². The normalized spacial score (nSPS) is 13.7. The van der Waals surface area contributed by atoms with Crippen molar-refractivity contribution in [3.8, 4) is 28.1 Å². The highest BCUT2D eigenvalue weighted by Crippen LogP contribution is 2.49. The number of nitrogens with zero attached hydrogens (tertiary/aromatic N) is 4. The maximum Gasteiger partial charge on any atom is 0.146 e. The maximum absolute atomic E-state index is 5.20. The van der Waals surface area contributed by atoms with E-state index in [0.29, 0.717) is 0 Å². The van der Waals surface area contributed by atoms with Crippen LogP contribution in [-0.4, -0.2) is 18.9 Å². The highest BCUT2D eigenvalue weighted by atomic mass is 15.1. The van der Waals surface area contributed by atoms with E-state index in [1.54, 1.807) is 0 Å². The van der Waals surface area contributed by atoms with Gasteiger partial charge < -0.3 is 0 Å². The Bertz CT molecular complexity index is 3030. The van der Waals surface area contributed by atoms with E-state index in [1.807, 2.05) is 6.20 Å². The van der Waals surface area contributed by atoms with Crippen LogP contribution < -0.4 is 0 Å². The first-order chi connectivity index (χ1) is 24.1. The second kappa shape index (κ2) is 9.42. The van der Waals surface area contributed by atoms with Gasteiger partial charge in [-0.25, -0.2) is 9.97 Å². The Morgan fingerprint density at radius 3 is 2.06 bits per heavy atom. The lowest BCUT2D eigenvalue weighted by Crippen LogP contribution is -2.14. The molecular weight excluding hydrogens is 597 g/mol. The summed E-state index contributed by atoms with van der Waals surface area (Å²) in [7, 11) is 0. The predicted octanol–water partition coefficient (Wildman–Crippen LogP) is 11.3. The van der Waals surface area contributed by atoms with Crippen LogP contribution in [0.1, 0.15) is 25.0 Å². The molecule has 0 saturated carbocycles. The monoisotopic (exact) mass is 626 g/mol. The summed E-state index contributed by atoms with van der Waals surface area (Å²) < 4.78 is 4.74. The molecule has 0 saturated heterocycles. The van der Waals surface area contributed by atoms with Gasteiger partial charge in [0.2, 0.25) is 0 Å². The fourth-order valence-electron chi connectivity index (χ4n) is 8.69. The largest absolute Gasteiger partial charge is 0.292 e. The maximum atomic E-state index is 5.20. The van der Waals surface area contributed by atoms with Crippen molar-refractivity contribution in [1.29, 1.82) is 0 Å². The average Bonchev–Trinajstić information content (AvgIpc) is 3.78. The van der Waals surface area contributed by atoms with Gasteiger partial charge in [-0.15, -0.1) is 0 Å². The van der Waals surface area contributed by atoms with Crippen LogP contribution in [-0.2, 0) is 5.41 Å². The summed E-state index contributed by atoms with van der Waals surface area (Å²) in [5.41, 5.74) is 14.2. The summed E-state index contributed by atoms with van der Waals surface area (Å²) in [6, 6.07) is 50.6. The Balaban J connectivity index is 1.24. The zero-order valence-corrected chi connectivity index (χ0v) is 27.1. The summed E-state index contributed by atoms with van der Waals surface area (Å²) in [4.78, 5) is 10.3. The third-order valence-corrected chi connectivity index (χ3v) is 10.9. The molecule has 1 aliphatic rings. The number of hydrogen-bond acceptors (Lipinski definition) is 2. The van der Waals surface area contributed by atoms with E-state index in [9.17, 15) is 0 Å². The SMILES string of the molecule is CC1(C)c2ccccc2-c2cc(-c3ccnc(-n4c5ccccc5c5ccc6c7ccccc7c7nc8ccccc8n7c6c54)c3)ccc21. The van der Waals surface area contributed by atoms with Gasteiger partial charge >= 0.3 is 0 Å². The molecule has 6 aromatic carbocycles. The van der Waals surface area contributed by atoms with Crippen LogP contribution in [0.2, 0.25) is 0 Å². The van der Waals surface area contributed by atoms with Crippen LogP contribution in [0.25, 0.3) is 88.2 Å². The van der Waals surface area contributed by atoms with Gasteiger partial charge in [-0.3, -0.25) is 8.97 Å². The van der Waals surface area contributed by atoms with Gasteiger partial charge in [-0.05, 0) is 75.2 Å². The van der Waals surface area contributed by atoms with Gasteiger partial charge in [-0.2, -0.15) is 0 Å². The molecule has 0 radical (unpaired) electrons. The van der Waals surface area contributed by atoms with Crippen molar-refractivity contribution in [2.45, 2.75) is 19.3 Å². The molecule has 11 rings (SSSR count). The Morgan fingerprint density at radius 1 is 0.510 bits per heavy atom. The highest BCUT2D eigenvalue weighted by molar-refractivity contribution is 6.24. The van der Waals surface area contributed by atoms with Gasteiger partial charge in [0.05, 0.1) is 27.6 Å². The molecule has 10 aromatic rings. The molecule has 0 unspecified atom stereocenters. The van der Waals surface area contributed by atoms with Gasteiger partial charge in [0.15, 0.2) is 0 Å². The molecule has 0 aliphatic heterocycles. The van der Waals surface area contributed by atoms with Gasteiger partial charge in [0, 0.05) is 33.2 Å². The second-order valence-electron chi connectivity index (χ2n) is 13.8. The summed E-state index contributed by atoms with van der Waals surface area (Å²) in [5.74, 6) is 0.892. The first-order valence-corrected chi connectivity index (χ1v) is 16.9. The van der Waals surface area contributed by atoms with E-state index in [1.165, 1.54) is 49.4 Å². The molecule has 4 nitrogen and oxygen atoms in total. The van der Waals surface area contributed by atoms with Crippen molar-refractivity contribution < 1.29 is 0 Å². The van der Waals surface area contributed by atoms with Crippen LogP contribution in [0, 0.1) is 0 Å². The van der Waals surface area contributed by atoms with Crippen LogP contribution in [0.15, 0.2) is 146 Å². The summed E-state index contributed by atoms with van der Waals surface area (Å²) >= 11 is 0. The molecule has 4 aromatic heterocycles. The molecule has 49 heavy (non-hydrogen) atoms. The summed E-state index contributed by atoms with van der Waals surface area (Å²) in [6.07, 6.45) is 1.96. The zero-order chi connectivity index (χ0) is 32.4. The number of fused-ring (bicyclic) bond motifs is 15. The van der Waals surface area contributed by atoms with Crippen molar-refractivity contribution >= 4 is 60.2 Å². The molecule has 230 valence electrons. The second-order valence-corrected chi connectivity index (χ2v) is 13.8. The topological polar surface area (TPSA) is 35.1 Å². The lowest BCUT2D eigenvalue weighted by molar-refractivity contribution is 0.660. The third-order valence-electron chi connectivity index (χ3n) is 10.9. The number of para-hydroxylation sites is 3. The zero-order valence-electron chi connectivity index (χ0n) is 27.1. The van der Waals surface area contributed by atoms with Crippen LogP contribution in [0.3, 0.4) is 0 Å². The van der Waals surface area contributed by atoms with Crippen LogP contribution in [0.4, 0.5) is 0 Å². The number of benzene rings is 6. The molecule has 4 heteroatoms. The Labute approximate surface area is 282 Å². The van der Waals surface area contributed by atoms with Gasteiger partial charge in [-0.1, -0.05) is 117 Å². The fraction of sp³-hybridized carbons (Fsp3) is 0.0667. The minimum atomic E-state index is -0.0229. The van der Waals surface area contributed by atoms with E-state index in [-0.39, 0.29) is 5.41 Å². The van der Waals surface area contributed by atoms with Crippen molar-refractivity contribution in [2.24, 2.45) is 0 Å². The lowest BCUT2D eigenvalue weighted by Gasteiger charge is -2.21. The minimum Gasteiger partial charge on any atom is -0.292 e. The van der Waals surface area contributed by atoms with E-state index in [4.69, 9.17) is 9.97 Å². The Morgan fingerprint density at radius 2 is 1.18 bits per heavy atom. The van der Waals surface area contributed by atoms with Crippen molar-refractivity contribution in [3.63, 3.8) is 0 Å². The Hall–Kier alpha value is -6.26. The van der Waals surface area contributed by atoms with Crippen molar-refractivity contribution in [3.05, 3.63) is 157 Å². The molecular formula is C45H30N4. The molecule has 4 heterocycles. The molecule has 0 bridgehead atoms. The quantitative estimate of drug-likeness (QED) is 0.179. The summed E-state index contributed by atoms with van der Waals surface area (Å²) in [6.45, 7) is 4.66. The Kier molecular flexibility index (Phi) is 5.15. The number of hydrogen-bond donors (Lipinski definition) is 0. The smallest absolute Gasteiger partial charge is 0.146 e. The van der Waals surface area contributed by atoms with E-state index in [2.05, 4.69) is 162 Å². The predicted molar refractivity (Wildman–Crippen MR) is 203 cm³/mol. The molecule has 0 atom stereocenters. The van der Waals surface area contributed by atoms with Crippen LogP contribution in [0.5, 0.6) is 0 Å². The van der Waals surface area contributed by atoms with Gasteiger partial charge in [0.1, 0.15) is 11.5 Å². The minimum absolute atomic E-state index is 0.0229. The fourth-order valence-corrected chi connectivity index (χ4v) is 8.69. The van der Waals surface area contributed by atoms with Crippen molar-refractivity contribution in [2.75, 3.05) is 0 Å². The highest BCUT2D eigenvalue weighted by Gasteiger charge is 2.35. The summed E-state index contributed by atoms with van der Waals surface area (Å²) in [5, 5.41) is 5.94. The molecule has 0 amide bonds. The van der Waals surface area contributed by atoms with E-state index in [0.717, 1.165) is 50.0 Å². The number of pyridine rings is 2. The third kappa shape index (κ3) is 3.47. The molecule has 0 N–H and O–H groups in total. The number of aromatic nitrogens is 4. The standard InChI is InChI=1S/C45H30N4/c1-45(2)36-15-7-5-12-30(36)35-25-27(19-22-37(35)45)28-23-24-46-41(26-28)48-39-17-9-6-13-31(39)33-21-20-32-29-11-3-4-14-34(29)44-47-38-16-8-10-18-40(38)49(44)43(32)42(33)48/h3-26H,1-2H3. The molecule has 0 spiro atoms. The van der Waals surface area contributed by atoms with E-state index >= 15 is 0 Å². The first kappa shape index (κ1) is 26.8. The number of imidazole rings is 1.